The minimum Gasteiger partial charge on any atom is -0.488 e. The average molecular weight is 174 g/mol. The van der Waals surface area contributed by atoms with Crippen molar-refractivity contribution in [3.05, 3.63) is 35.4 Å². The lowest BCUT2D eigenvalue weighted by Crippen LogP contribution is -2.05. The zero-order valence-electron chi connectivity index (χ0n) is 7.41. The van der Waals surface area contributed by atoms with Crippen molar-refractivity contribution in [3.63, 3.8) is 0 Å². The maximum Gasteiger partial charge on any atom is 0.153 e. The Bertz CT molecular complexity index is 378. The van der Waals surface area contributed by atoms with Gasteiger partial charge in [-0.15, -0.1) is 0 Å². The van der Waals surface area contributed by atoms with Gasteiger partial charge in [0.1, 0.15) is 12.4 Å². The second kappa shape index (κ2) is 3.05. The largest absolute Gasteiger partial charge is 0.488 e. The van der Waals surface area contributed by atoms with Crippen LogP contribution in [0.1, 0.15) is 22.8 Å². The van der Waals surface area contributed by atoms with E-state index in [0.29, 0.717) is 12.2 Å². The van der Waals surface area contributed by atoms with E-state index in [-0.39, 0.29) is 0 Å². The summed E-state index contributed by atoms with van der Waals surface area (Å²) in [7, 11) is 0. The van der Waals surface area contributed by atoms with E-state index in [9.17, 15) is 4.79 Å². The van der Waals surface area contributed by atoms with E-state index in [4.69, 9.17) is 4.74 Å². The number of aldehydes is 1. The molecule has 0 N–H and O–H groups in total. The van der Waals surface area contributed by atoms with E-state index in [2.05, 4.69) is 0 Å². The Morgan fingerprint density at radius 2 is 2.31 bits per heavy atom. The van der Waals surface area contributed by atoms with E-state index in [1.54, 1.807) is 6.07 Å². The van der Waals surface area contributed by atoms with Gasteiger partial charge in [-0.1, -0.05) is 12.1 Å². The van der Waals surface area contributed by atoms with Crippen LogP contribution in [0.15, 0.2) is 24.3 Å². The molecule has 0 bridgehead atoms. The number of rotatable bonds is 1. The minimum atomic E-state index is 0.559. The molecular formula is C11H10O2. The Labute approximate surface area is 76.8 Å². The van der Waals surface area contributed by atoms with Crippen LogP contribution in [0, 0.1) is 0 Å². The van der Waals surface area contributed by atoms with Gasteiger partial charge in [-0.25, -0.2) is 0 Å². The Hall–Kier alpha value is -1.57. The lowest BCUT2D eigenvalue weighted by atomic mass is 10.0. The van der Waals surface area contributed by atoms with E-state index in [0.717, 1.165) is 17.6 Å². The number of hydrogen-bond donors (Lipinski definition) is 0. The number of ether oxygens (including phenoxy) is 1. The number of carbonyl (C=O) groups is 1. The molecular weight excluding hydrogens is 164 g/mol. The third-order valence-electron chi connectivity index (χ3n) is 2.21. The summed E-state index contributed by atoms with van der Waals surface area (Å²) in [4.78, 5) is 10.7. The molecule has 2 heteroatoms. The van der Waals surface area contributed by atoms with Crippen LogP contribution in [-0.4, -0.2) is 12.9 Å². The number of para-hydroxylation sites is 1. The smallest absolute Gasteiger partial charge is 0.153 e. The second-order valence-electron chi connectivity index (χ2n) is 3.04. The third-order valence-corrected chi connectivity index (χ3v) is 2.21. The van der Waals surface area contributed by atoms with Crippen molar-refractivity contribution >= 4 is 11.9 Å². The summed E-state index contributed by atoms with van der Waals surface area (Å²) in [6.45, 7) is 2.58. The fraction of sp³-hybridized carbons (Fsp3) is 0.182. The number of benzene rings is 1. The minimum absolute atomic E-state index is 0.559. The first-order chi connectivity index (χ1) is 6.33. The van der Waals surface area contributed by atoms with Crippen molar-refractivity contribution in [1.29, 1.82) is 0 Å². The number of carbonyl (C=O) groups excluding carboxylic acids is 1. The molecule has 0 saturated heterocycles. The molecule has 66 valence electrons. The fourth-order valence-corrected chi connectivity index (χ4v) is 1.48. The van der Waals surface area contributed by atoms with Gasteiger partial charge in [-0.3, -0.25) is 4.79 Å². The Morgan fingerprint density at radius 1 is 1.46 bits per heavy atom. The molecule has 2 rings (SSSR count). The van der Waals surface area contributed by atoms with Crippen molar-refractivity contribution in [3.8, 4) is 5.75 Å². The summed E-state index contributed by atoms with van der Waals surface area (Å²) in [5.74, 6) is 0.720. The maximum absolute atomic E-state index is 10.7. The zero-order chi connectivity index (χ0) is 9.26. The van der Waals surface area contributed by atoms with Crippen LogP contribution in [-0.2, 0) is 0 Å². The van der Waals surface area contributed by atoms with Crippen molar-refractivity contribution < 1.29 is 9.53 Å². The van der Waals surface area contributed by atoms with Gasteiger partial charge in [-0.05, 0) is 24.6 Å². The monoisotopic (exact) mass is 174 g/mol. The van der Waals surface area contributed by atoms with Crippen molar-refractivity contribution in [2.45, 2.75) is 6.92 Å². The predicted octanol–water partition coefficient (Wildman–Crippen LogP) is 2.29. The summed E-state index contributed by atoms with van der Waals surface area (Å²) in [5.41, 5.74) is 2.82. The molecule has 0 fully saturated rings. The Kier molecular flexibility index (Phi) is 1.89. The maximum atomic E-state index is 10.7. The first-order valence-corrected chi connectivity index (χ1v) is 4.21. The molecule has 0 atom stereocenters. The lowest BCUT2D eigenvalue weighted by Gasteiger charge is -2.17. The van der Waals surface area contributed by atoms with Gasteiger partial charge in [0.25, 0.3) is 0 Å². The van der Waals surface area contributed by atoms with Crippen molar-refractivity contribution in [1.82, 2.24) is 0 Å². The van der Waals surface area contributed by atoms with Gasteiger partial charge in [0, 0.05) is 5.56 Å². The molecule has 1 aromatic rings. The molecule has 1 heterocycles. The van der Waals surface area contributed by atoms with Gasteiger partial charge in [0.05, 0.1) is 5.56 Å². The second-order valence-corrected chi connectivity index (χ2v) is 3.04. The summed E-state index contributed by atoms with van der Waals surface area (Å²) < 4.78 is 5.41. The quantitative estimate of drug-likeness (QED) is 0.610. The van der Waals surface area contributed by atoms with Crippen molar-refractivity contribution in [2.75, 3.05) is 6.61 Å². The number of allylic oxidation sites excluding steroid dienone is 1. The summed E-state index contributed by atoms with van der Waals surface area (Å²) >= 11 is 0. The predicted molar refractivity (Wildman–Crippen MR) is 51.0 cm³/mol. The summed E-state index contributed by atoms with van der Waals surface area (Å²) in [5, 5.41) is 0. The average Bonchev–Trinajstić information content (AvgIpc) is 2.18. The van der Waals surface area contributed by atoms with Crippen LogP contribution in [0.5, 0.6) is 5.75 Å². The molecule has 0 saturated carbocycles. The standard InChI is InChI=1S/C11H10O2/c1-8-5-6-13-11-9(7-12)3-2-4-10(8)11/h2-5,7H,6H2,1H3. The molecule has 0 aliphatic carbocycles. The van der Waals surface area contributed by atoms with Crippen LogP contribution >= 0.6 is 0 Å². The SMILES string of the molecule is CC1=CCOc2c(C=O)cccc21. The van der Waals surface area contributed by atoms with E-state index in [1.165, 1.54) is 5.57 Å². The van der Waals surface area contributed by atoms with Crippen LogP contribution in [0.2, 0.25) is 0 Å². The molecule has 13 heavy (non-hydrogen) atoms. The topological polar surface area (TPSA) is 26.3 Å². The molecule has 0 unspecified atom stereocenters. The Morgan fingerprint density at radius 3 is 3.08 bits per heavy atom. The van der Waals surface area contributed by atoms with Gasteiger partial charge < -0.3 is 4.74 Å². The highest BCUT2D eigenvalue weighted by Gasteiger charge is 2.13. The number of hydrogen-bond acceptors (Lipinski definition) is 2. The van der Waals surface area contributed by atoms with Gasteiger partial charge in [-0.2, -0.15) is 0 Å². The van der Waals surface area contributed by atoms with Crippen molar-refractivity contribution in [2.24, 2.45) is 0 Å². The molecule has 0 aromatic heterocycles. The first kappa shape index (κ1) is 8.05. The molecule has 1 aromatic carbocycles. The Balaban J connectivity index is 2.63. The first-order valence-electron chi connectivity index (χ1n) is 4.21. The third kappa shape index (κ3) is 1.24. The summed E-state index contributed by atoms with van der Waals surface area (Å²) in [6.07, 6.45) is 2.84. The molecule has 1 aliphatic rings. The highest BCUT2D eigenvalue weighted by molar-refractivity contribution is 5.85. The summed E-state index contributed by atoms with van der Waals surface area (Å²) in [6, 6.07) is 5.60. The van der Waals surface area contributed by atoms with E-state index >= 15 is 0 Å². The van der Waals surface area contributed by atoms with Crippen LogP contribution in [0.4, 0.5) is 0 Å². The number of fused-ring (bicyclic) bond motifs is 1. The molecule has 0 radical (unpaired) electrons. The van der Waals surface area contributed by atoms with E-state index < -0.39 is 0 Å². The highest BCUT2D eigenvalue weighted by atomic mass is 16.5. The molecule has 1 aliphatic heterocycles. The van der Waals surface area contributed by atoms with Crippen LogP contribution in [0.3, 0.4) is 0 Å². The molecule has 0 spiro atoms. The molecule has 2 nitrogen and oxygen atoms in total. The van der Waals surface area contributed by atoms with Crippen LogP contribution < -0.4 is 4.74 Å². The van der Waals surface area contributed by atoms with Gasteiger partial charge in [0.15, 0.2) is 6.29 Å². The fourth-order valence-electron chi connectivity index (χ4n) is 1.48. The zero-order valence-corrected chi connectivity index (χ0v) is 7.41. The molecule has 0 amide bonds. The van der Waals surface area contributed by atoms with E-state index in [1.807, 2.05) is 25.1 Å². The normalized spacial score (nSPS) is 14.1. The lowest BCUT2D eigenvalue weighted by molar-refractivity contribution is 0.112. The van der Waals surface area contributed by atoms with Gasteiger partial charge >= 0.3 is 0 Å². The van der Waals surface area contributed by atoms with Gasteiger partial charge in [0.2, 0.25) is 0 Å². The van der Waals surface area contributed by atoms with Crippen LogP contribution in [0.25, 0.3) is 5.57 Å². The highest BCUT2D eigenvalue weighted by Crippen LogP contribution is 2.31.